The van der Waals surface area contributed by atoms with E-state index in [-0.39, 0.29) is 17.5 Å². The zero-order chi connectivity index (χ0) is 17.3. The van der Waals surface area contributed by atoms with Crippen molar-refractivity contribution in [3.63, 3.8) is 0 Å². The minimum absolute atomic E-state index is 0.0878. The first-order valence-electron chi connectivity index (χ1n) is 7.61. The molecule has 1 aliphatic rings. The van der Waals surface area contributed by atoms with Crippen molar-refractivity contribution in [1.29, 1.82) is 5.26 Å². The quantitative estimate of drug-likeness (QED) is 0.476. The van der Waals surface area contributed by atoms with Crippen LogP contribution in [0.15, 0.2) is 29.2 Å². The van der Waals surface area contributed by atoms with E-state index in [9.17, 15) is 10.1 Å². The Labute approximate surface area is 144 Å². The van der Waals surface area contributed by atoms with Crippen LogP contribution >= 0.6 is 11.3 Å². The van der Waals surface area contributed by atoms with Gasteiger partial charge < -0.3 is 9.47 Å². The molecular weight excluding hydrogens is 322 g/mol. The van der Waals surface area contributed by atoms with Gasteiger partial charge in [-0.25, -0.2) is 0 Å². The van der Waals surface area contributed by atoms with Gasteiger partial charge in [-0.05, 0) is 49.1 Å². The number of allylic oxidation sites excluding steroid dienone is 1. The highest BCUT2D eigenvalue weighted by Crippen LogP contribution is 2.36. The number of Topliss-reactive ketones (excluding diaryl/α,β-unsaturated/α-hetero) is 1. The molecule has 0 bridgehead atoms. The summed E-state index contributed by atoms with van der Waals surface area (Å²) in [6.45, 7) is 3.87. The molecule has 1 aromatic heterocycles. The van der Waals surface area contributed by atoms with Crippen LogP contribution in [0.1, 0.15) is 33.3 Å². The number of hydrogen-bond acceptors (Lipinski definition) is 5. The number of hydrogen-bond donors (Lipinski definition) is 0. The third kappa shape index (κ3) is 2.93. The maximum atomic E-state index is 12.6. The van der Waals surface area contributed by atoms with Crippen LogP contribution in [0.4, 0.5) is 0 Å². The smallest absolute Gasteiger partial charge is 0.213 e. The van der Waals surface area contributed by atoms with Gasteiger partial charge in [0, 0.05) is 17.5 Å². The van der Waals surface area contributed by atoms with Crippen molar-refractivity contribution in [1.82, 2.24) is 0 Å². The number of ketones is 1. The van der Waals surface area contributed by atoms with Crippen LogP contribution in [0.5, 0.6) is 11.5 Å². The Bertz CT molecular complexity index is 873. The number of nitrogens with zero attached hydrogens (tertiary/aromatic N) is 1. The van der Waals surface area contributed by atoms with E-state index in [0.29, 0.717) is 16.2 Å². The lowest BCUT2D eigenvalue weighted by Crippen LogP contribution is -2.05. The lowest BCUT2D eigenvalue weighted by molar-refractivity contribution is 0.104. The lowest BCUT2D eigenvalue weighted by Gasteiger charge is -2.09. The Hall–Kier alpha value is -2.58. The van der Waals surface area contributed by atoms with Crippen molar-refractivity contribution in [3.05, 3.63) is 50.7 Å². The average molecular weight is 339 g/mol. The van der Waals surface area contributed by atoms with Crippen LogP contribution < -0.4 is 9.47 Å². The van der Waals surface area contributed by atoms with Gasteiger partial charge in [-0.1, -0.05) is 0 Å². The summed E-state index contributed by atoms with van der Waals surface area (Å²) in [5.41, 5.74) is 2.72. The Balaban J connectivity index is 2.03. The molecule has 0 saturated carbocycles. The zero-order valence-corrected chi connectivity index (χ0v) is 14.6. The third-order valence-corrected chi connectivity index (χ3v) is 5.00. The number of thiophene rings is 1. The number of methoxy groups -OCH3 is 1. The summed E-state index contributed by atoms with van der Waals surface area (Å²) in [6.07, 6.45) is 2.52. The minimum atomic E-state index is -0.262. The highest BCUT2D eigenvalue weighted by atomic mass is 32.1. The van der Waals surface area contributed by atoms with Crippen molar-refractivity contribution in [2.24, 2.45) is 0 Å². The van der Waals surface area contributed by atoms with Crippen LogP contribution in [0.2, 0.25) is 0 Å². The van der Waals surface area contributed by atoms with Crippen LogP contribution in [0.3, 0.4) is 0 Å². The van der Waals surface area contributed by atoms with E-state index in [1.54, 1.807) is 13.2 Å². The van der Waals surface area contributed by atoms with Gasteiger partial charge in [-0.15, -0.1) is 11.3 Å². The maximum Gasteiger partial charge on any atom is 0.213 e. The second-order valence-electron chi connectivity index (χ2n) is 5.77. The number of nitriles is 1. The maximum absolute atomic E-state index is 12.6. The largest absolute Gasteiger partial charge is 0.496 e. The average Bonchev–Trinajstić information content (AvgIpc) is 3.15. The topological polar surface area (TPSA) is 59.3 Å². The molecule has 5 heteroatoms. The summed E-state index contributed by atoms with van der Waals surface area (Å²) in [7, 11) is 1.58. The monoisotopic (exact) mass is 339 g/mol. The van der Waals surface area contributed by atoms with Gasteiger partial charge in [0.2, 0.25) is 5.78 Å². The molecule has 1 aromatic carbocycles. The molecule has 0 radical (unpaired) electrons. The number of fused-ring (bicyclic) bond motifs is 1. The highest BCUT2D eigenvalue weighted by molar-refractivity contribution is 7.12. The van der Waals surface area contributed by atoms with Crippen molar-refractivity contribution in [2.45, 2.75) is 26.4 Å². The number of ether oxygens (including phenoxy) is 2. The van der Waals surface area contributed by atoms with Crippen molar-refractivity contribution in [3.8, 4) is 17.6 Å². The third-order valence-electron chi connectivity index (χ3n) is 3.98. The van der Waals surface area contributed by atoms with Crippen LogP contribution in [0, 0.1) is 18.3 Å². The number of carbonyl (C=O) groups is 1. The second kappa shape index (κ2) is 6.50. The Morgan fingerprint density at radius 2 is 2.29 bits per heavy atom. The van der Waals surface area contributed by atoms with E-state index in [1.165, 1.54) is 11.3 Å². The van der Waals surface area contributed by atoms with Crippen molar-refractivity contribution < 1.29 is 14.3 Å². The van der Waals surface area contributed by atoms with Gasteiger partial charge in [0.05, 0.1) is 12.0 Å². The standard InChI is InChI=1S/C19H17NO3S/c1-11-4-5-24-19(11)18(21)15(10-20)7-14-9-17-13(6-12(2)23-17)8-16(14)22-3/h4-5,7-9,12H,6H2,1-3H3/b15-7-/t12-/m1/s1. The molecule has 0 amide bonds. The zero-order valence-electron chi connectivity index (χ0n) is 13.8. The van der Waals surface area contributed by atoms with Crippen LogP contribution in [-0.2, 0) is 6.42 Å². The molecule has 2 aromatic rings. The first kappa shape index (κ1) is 16.3. The van der Waals surface area contributed by atoms with Crippen molar-refractivity contribution >= 4 is 23.2 Å². The Morgan fingerprint density at radius 3 is 2.92 bits per heavy atom. The molecule has 0 fully saturated rings. The first-order chi connectivity index (χ1) is 11.5. The first-order valence-corrected chi connectivity index (χ1v) is 8.49. The summed E-state index contributed by atoms with van der Waals surface area (Å²) >= 11 is 1.34. The van der Waals surface area contributed by atoms with E-state index >= 15 is 0 Å². The predicted molar refractivity (Wildman–Crippen MR) is 93.8 cm³/mol. The molecule has 0 N–H and O–H groups in total. The number of benzene rings is 1. The number of rotatable bonds is 4. The van der Waals surface area contributed by atoms with Gasteiger partial charge in [0.25, 0.3) is 0 Å². The van der Waals surface area contributed by atoms with Crippen molar-refractivity contribution in [2.75, 3.05) is 7.11 Å². The minimum Gasteiger partial charge on any atom is -0.496 e. The molecule has 0 aliphatic carbocycles. The summed E-state index contributed by atoms with van der Waals surface area (Å²) in [5.74, 6) is 1.16. The number of aryl methyl sites for hydroxylation is 1. The van der Waals surface area contributed by atoms with Crippen LogP contribution in [0.25, 0.3) is 6.08 Å². The van der Waals surface area contributed by atoms with E-state index in [1.807, 2.05) is 43.5 Å². The van der Waals surface area contributed by atoms with Gasteiger partial charge in [-0.3, -0.25) is 4.79 Å². The molecule has 24 heavy (non-hydrogen) atoms. The van der Waals surface area contributed by atoms with Gasteiger partial charge >= 0.3 is 0 Å². The van der Waals surface area contributed by atoms with E-state index in [4.69, 9.17) is 9.47 Å². The molecule has 0 saturated heterocycles. The molecule has 2 heterocycles. The lowest BCUT2D eigenvalue weighted by atomic mass is 10.0. The molecule has 3 rings (SSSR count). The fourth-order valence-corrected chi connectivity index (χ4v) is 3.66. The molecule has 1 aliphatic heterocycles. The summed E-state index contributed by atoms with van der Waals surface area (Å²) in [5, 5.41) is 11.3. The fraction of sp³-hybridized carbons (Fsp3) is 0.263. The summed E-state index contributed by atoms with van der Waals surface area (Å²) < 4.78 is 11.2. The van der Waals surface area contributed by atoms with Gasteiger partial charge in [0.15, 0.2) is 0 Å². The van der Waals surface area contributed by atoms with Gasteiger partial charge in [0.1, 0.15) is 29.2 Å². The van der Waals surface area contributed by atoms with Gasteiger partial charge in [-0.2, -0.15) is 5.26 Å². The number of carbonyl (C=O) groups excluding carboxylic acids is 1. The Kier molecular flexibility index (Phi) is 4.41. The second-order valence-corrected chi connectivity index (χ2v) is 6.68. The normalized spacial score (nSPS) is 16.2. The summed E-state index contributed by atoms with van der Waals surface area (Å²) in [4.78, 5) is 13.2. The fourth-order valence-electron chi connectivity index (χ4n) is 2.78. The van der Waals surface area contributed by atoms with E-state index in [2.05, 4.69) is 0 Å². The molecular formula is C19H17NO3S. The highest BCUT2D eigenvalue weighted by Gasteiger charge is 2.22. The summed E-state index contributed by atoms with van der Waals surface area (Å²) in [6, 6.07) is 7.64. The SMILES string of the molecule is COc1cc2c(cc1/C=C(/C#N)C(=O)c1sccc1C)O[C@H](C)C2. The predicted octanol–water partition coefficient (Wildman–Crippen LogP) is 4.18. The van der Waals surface area contributed by atoms with E-state index in [0.717, 1.165) is 23.3 Å². The van der Waals surface area contributed by atoms with E-state index < -0.39 is 0 Å². The molecule has 0 spiro atoms. The molecule has 0 unspecified atom stereocenters. The molecule has 4 nitrogen and oxygen atoms in total. The van der Waals surface area contributed by atoms with Crippen LogP contribution in [-0.4, -0.2) is 19.0 Å². The Morgan fingerprint density at radius 1 is 1.50 bits per heavy atom. The molecule has 122 valence electrons. The molecule has 1 atom stereocenters.